The molecule has 0 spiro atoms. The number of nitrogens with one attached hydrogen (secondary N) is 1. The number of amides is 1. The van der Waals surface area contributed by atoms with E-state index in [4.69, 9.17) is 0 Å². The molecule has 0 saturated heterocycles. The van der Waals surface area contributed by atoms with Crippen molar-refractivity contribution in [3.05, 3.63) is 77.1 Å². The molecular formula is C22H24N4O3S2. The van der Waals surface area contributed by atoms with Crippen molar-refractivity contribution in [1.29, 1.82) is 0 Å². The molecule has 1 amide bonds. The van der Waals surface area contributed by atoms with Crippen molar-refractivity contribution in [1.82, 2.24) is 14.3 Å². The number of hydrogen-bond acceptors (Lipinski definition) is 6. The average molecular weight is 457 g/mol. The van der Waals surface area contributed by atoms with Gasteiger partial charge in [0.25, 0.3) is 5.91 Å². The van der Waals surface area contributed by atoms with Crippen molar-refractivity contribution in [3.63, 3.8) is 0 Å². The summed E-state index contributed by atoms with van der Waals surface area (Å²) < 4.78 is 25.5. The van der Waals surface area contributed by atoms with E-state index in [0.717, 1.165) is 21.3 Å². The van der Waals surface area contributed by atoms with Gasteiger partial charge >= 0.3 is 0 Å². The molecule has 162 valence electrons. The molecule has 0 atom stereocenters. The van der Waals surface area contributed by atoms with Crippen LogP contribution in [0.1, 0.15) is 27.3 Å². The second kappa shape index (κ2) is 9.59. The maximum atomic E-state index is 12.9. The van der Waals surface area contributed by atoms with Gasteiger partial charge in [-0.15, -0.1) is 0 Å². The standard InChI is InChI=1S/C22H24N4O3S2/c1-15-13-16(2)24-22(23-15)30-14-17-7-5-6-8-20(17)21(27)25-18-9-11-19(12-10-18)31(28,29)26(3)4/h5-13H,14H2,1-4H3,(H,25,27). The summed E-state index contributed by atoms with van der Waals surface area (Å²) in [4.78, 5) is 21.9. The van der Waals surface area contributed by atoms with Crippen LogP contribution in [0.3, 0.4) is 0 Å². The third-order valence-electron chi connectivity index (χ3n) is 4.47. The van der Waals surface area contributed by atoms with E-state index in [1.807, 2.05) is 38.1 Å². The summed E-state index contributed by atoms with van der Waals surface area (Å²) in [6.07, 6.45) is 0. The van der Waals surface area contributed by atoms with Gasteiger partial charge in [-0.25, -0.2) is 22.7 Å². The zero-order valence-electron chi connectivity index (χ0n) is 17.8. The fourth-order valence-electron chi connectivity index (χ4n) is 2.89. The molecule has 0 saturated carbocycles. The van der Waals surface area contributed by atoms with Crippen molar-refractivity contribution < 1.29 is 13.2 Å². The molecule has 9 heteroatoms. The van der Waals surface area contributed by atoms with Crippen LogP contribution >= 0.6 is 11.8 Å². The van der Waals surface area contributed by atoms with E-state index < -0.39 is 10.0 Å². The van der Waals surface area contributed by atoms with Crippen LogP contribution < -0.4 is 5.32 Å². The Kier molecular flexibility index (Phi) is 7.09. The first-order valence-electron chi connectivity index (χ1n) is 9.54. The van der Waals surface area contributed by atoms with Gasteiger partial charge in [0.2, 0.25) is 10.0 Å². The van der Waals surface area contributed by atoms with Gasteiger partial charge in [-0.3, -0.25) is 4.79 Å². The Morgan fingerprint density at radius 3 is 2.23 bits per heavy atom. The number of carbonyl (C=O) groups excluding carboxylic acids is 1. The number of aromatic nitrogens is 2. The van der Waals surface area contributed by atoms with Crippen molar-refractivity contribution in [2.75, 3.05) is 19.4 Å². The molecule has 3 rings (SSSR count). The van der Waals surface area contributed by atoms with Gasteiger partial charge in [0, 0.05) is 42.5 Å². The van der Waals surface area contributed by atoms with Crippen LogP contribution in [-0.4, -0.2) is 42.7 Å². The monoisotopic (exact) mass is 456 g/mol. The maximum Gasteiger partial charge on any atom is 0.255 e. The summed E-state index contributed by atoms with van der Waals surface area (Å²) >= 11 is 1.47. The summed E-state index contributed by atoms with van der Waals surface area (Å²) in [5.74, 6) is 0.285. The SMILES string of the molecule is Cc1cc(C)nc(SCc2ccccc2C(=O)Nc2ccc(S(=O)(=O)N(C)C)cc2)n1. The summed E-state index contributed by atoms with van der Waals surface area (Å²) in [5, 5.41) is 3.51. The molecule has 0 aliphatic rings. The molecule has 0 unspecified atom stereocenters. The lowest BCUT2D eigenvalue weighted by molar-refractivity contribution is 0.102. The number of rotatable bonds is 7. The molecule has 0 radical (unpaired) electrons. The van der Waals surface area contributed by atoms with Crippen molar-refractivity contribution in [2.45, 2.75) is 29.7 Å². The number of aryl methyl sites for hydroxylation is 2. The molecule has 1 heterocycles. The van der Waals surface area contributed by atoms with E-state index >= 15 is 0 Å². The molecule has 2 aromatic carbocycles. The fraction of sp³-hybridized carbons (Fsp3) is 0.227. The number of thioether (sulfide) groups is 1. The van der Waals surface area contributed by atoms with Gasteiger partial charge in [0.05, 0.1) is 4.90 Å². The Bertz CT molecular complexity index is 1170. The number of sulfonamides is 1. The Morgan fingerprint density at radius 2 is 1.61 bits per heavy atom. The first-order valence-corrected chi connectivity index (χ1v) is 12.0. The number of nitrogens with zero attached hydrogens (tertiary/aromatic N) is 3. The average Bonchev–Trinajstić information content (AvgIpc) is 2.72. The molecule has 3 aromatic rings. The van der Waals surface area contributed by atoms with Crippen LogP contribution in [0, 0.1) is 13.8 Å². The molecule has 0 bridgehead atoms. The van der Waals surface area contributed by atoms with Crippen LogP contribution in [0.4, 0.5) is 5.69 Å². The summed E-state index contributed by atoms with van der Waals surface area (Å²) in [5.41, 5.74) is 3.73. The smallest absolute Gasteiger partial charge is 0.255 e. The van der Waals surface area contributed by atoms with Gasteiger partial charge in [0.15, 0.2) is 5.16 Å². The minimum atomic E-state index is -3.51. The van der Waals surface area contributed by atoms with Gasteiger partial charge in [0.1, 0.15) is 0 Å². The highest BCUT2D eigenvalue weighted by molar-refractivity contribution is 7.98. The highest BCUT2D eigenvalue weighted by Gasteiger charge is 2.17. The van der Waals surface area contributed by atoms with Crippen LogP contribution in [0.2, 0.25) is 0 Å². The lowest BCUT2D eigenvalue weighted by Gasteiger charge is -2.13. The molecule has 0 aliphatic heterocycles. The van der Waals surface area contributed by atoms with Crippen molar-refractivity contribution in [2.24, 2.45) is 0 Å². The number of carbonyl (C=O) groups is 1. The summed E-state index contributed by atoms with van der Waals surface area (Å²) in [7, 11) is -0.564. The quantitative estimate of drug-likeness (QED) is 0.428. The highest BCUT2D eigenvalue weighted by Crippen LogP contribution is 2.23. The Balaban J connectivity index is 1.74. The Morgan fingerprint density at radius 1 is 1.00 bits per heavy atom. The van der Waals surface area contributed by atoms with E-state index in [-0.39, 0.29) is 10.8 Å². The van der Waals surface area contributed by atoms with E-state index in [9.17, 15) is 13.2 Å². The van der Waals surface area contributed by atoms with Crippen LogP contribution in [0.5, 0.6) is 0 Å². The van der Waals surface area contributed by atoms with Gasteiger partial charge in [-0.05, 0) is 55.8 Å². The van der Waals surface area contributed by atoms with Gasteiger partial charge in [-0.1, -0.05) is 30.0 Å². The third kappa shape index (κ3) is 5.69. The van der Waals surface area contributed by atoms with Crippen LogP contribution in [0.25, 0.3) is 0 Å². The van der Waals surface area contributed by atoms with Gasteiger partial charge in [-0.2, -0.15) is 0 Å². The largest absolute Gasteiger partial charge is 0.322 e. The number of benzene rings is 2. The van der Waals surface area contributed by atoms with E-state index in [2.05, 4.69) is 15.3 Å². The lowest BCUT2D eigenvalue weighted by Crippen LogP contribution is -2.22. The zero-order valence-corrected chi connectivity index (χ0v) is 19.4. The van der Waals surface area contributed by atoms with Crippen LogP contribution in [-0.2, 0) is 15.8 Å². The molecular weight excluding hydrogens is 432 g/mol. The Labute approximate surface area is 187 Å². The number of anilines is 1. The van der Waals surface area contributed by atoms with E-state index in [0.29, 0.717) is 22.2 Å². The predicted molar refractivity (Wildman–Crippen MR) is 123 cm³/mol. The Hall–Kier alpha value is -2.75. The van der Waals surface area contributed by atoms with E-state index in [1.54, 1.807) is 18.2 Å². The van der Waals surface area contributed by atoms with Crippen molar-refractivity contribution >= 4 is 33.4 Å². The molecule has 0 fully saturated rings. The van der Waals surface area contributed by atoms with Crippen molar-refractivity contribution in [3.8, 4) is 0 Å². The number of hydrogen-bond donors (Lipinski definition) is 1. The first-order chi connectivity index (χ1) is 14.7. The van der Waals surface area contributed by atoms with E-state index in [1.165, 1.54) is 38.0 Å². The minimum absolute atomic E-state index is 0.167. The van der Waals surface area contributed by atoms with Crippen LogP contribution in [0.15, 0.2) is 64.6 Å². The fourth-order valence-corrected chi connectivity index (χ4v) is 4.74. The predicted octanol–water partition coefficient (Wildman–Crippen LogP) is 3.89. The maximum absolute atomic E-state index is 12.9. The second-order valence-electron chi connectivity index (χ2n) is 7.15. The first kappa shape index (κ1) is 22.9. The molecule has 0 aliphatic carbocycles. The second-order valence-corrected chi connectivity index (χ2v) is 10.2. The summed E-state index contributed by atoms with van der Waals surface area (Å²) in [6, 6.07) is 15.4. The highest BCUT2D eigenvalue weighted by atomic mass is 32.2. The third-order valence-corrected chi connectivity index (χ3v) is 7.20. The molecule has 31 heavy (non-hydrogen) atoms. The molecule has 7 nitrogen and oxygen atoms in total. The summed E-state index contributed by atoms with van der Waals surface area (Å²) in [6.45, 7) is 3.85. The lowest BCUT2D eigenvalue weighted by atomic mass is 10.1. The van der Waals surface area contributed by atoms with Gasteiger partial charge < -0.3 is 5.32 Å². The minimum Gasteiger partial charge on any atom is -0.322 e. The normalized spacial score (nSPS) is 11.5. The zero-order chi connectivity index (χ0) is 22.6. The topological polar surface area (TPSA) is 92.3 Å². The molecule has 1 N–H and O–H groups in total. The molecule has 1 aromatic heterocycles.